The van der Waals surface area contributed by atoms with Crippen molar-refractivity contribution in [3.05, 3.63) is 92.7 Å². The van der Waals surface area contributed by atoms with Gasteiger partial charge in [-0.3, -0.25) is 4.79 Å². The van der Waals surface area contributed by atoms with Crippen molar-refractivity contribution in [1.29, 1.82) is 5.26 Å². The number of hydrogen-bond acceptors (Lipinski definition) is 5. The van der Waals surface area contributed by atoms with Crippen molar-refractivity contribution in [2.75, 3.05) is 6.61 Å². The van der Waals surface area contributed by atoms with Crippen LogP contribution in [0.3, 0.4) is 0 Å². The molecule has 0 saturated carbocycles. The molecule has 1 amide bonds. The number of nitrogens with zero attached hydrogens (tertiary/aromatic N) is 2. The van der Waals surface area contributed by atoms with E-state index in [1.807, 2.05) is 44.2 Å². The Hall–Kier alpha value is -3.70. The second-order valence-electron chi connectivity index (χ2n) is 7.03. The summed E-state index contributed by atoms with van der Waals surface area (Å²) in [4.78, 5) is 12.2. The SMILES string of the molecule is CCOc1cc(/C=N\NC(=O)c2ccc(C#N)cc2F)c(Br)cc1OCc1ccc(C)cc1. The molecule has 0 aromatic heterocycles. The molecule has 0 fully saturated rings. The maximum absolute atomic E-state index is 14.0. The van der Waals surface area contributed by atoms with Crippen LogP contribution in [0.1, 0.15) is 39.5 Å². The number of hydrazone groups is 1. The number of ether oxygens (including phenoxy) is 2. The summed E-state index contributed by atoms with van der Waals surface area (Å²) in [5, 5.41) is 12.7. The standard InChI is InChI=1S/C25H21BrFN3O3/c1-3-32-23-11-19(14-29-30-25(31)20-9-8-18(13-28)10-22(20)27)21(26)12-24(23)33-15-17-6-4-16(2)5-7-17/h4-12,14H,3,15H2,1-2H3,(H,30,31)/b29-14-. The van der Waals surface area contributed by atoms with Crippen molar-refractivity contribution in [2.24, 2.45) is 5.10 Å². The predicted octanol–water partition coefficient (Wildman–Crippen LogP) is 5.51. The lowest BCUT2D eigenvalue weighted by Gasteiger charge is -2.14. The van der Waals surface area contributed by atoms with Gasteiger partial charge in [0.1, 0.15) is 12.4 Å². The number of rotatable bonds is 8. The molecule has 3 aromatic rings. The van der Waals surface area contributed by atoms with Gasteiger partial charge in [-0.1, -0.05) is 29.8 Å². The third kappa shape index (κ3) is 6.40. The van der Waals surface area contributed by atoms with E-state index in [1.54, 1.807) is 12.1 Å². The Kier molecular flexibility index (Phi) is 8.17. The minimum atomic E-state index is -0.795. The average Bonchev–Trinajstić information content (AvgIpc) is 2.80. The van der Waals surface area contributed by atoms with Crippen molar-refractivity contribution in [2.45, 2.75) is 20.5 Å². The Morgan fingerprint density at radius 3 is 2.55 bits per heavy atom. The molecule has 0 radical (unpaired) electrons. The van der Waals surface area contributed by atoms with Gasteiger partial charge in [0.25, 0.3) is 5.91 Å². The van der Waals surface area contributed by atoms with E-state index < -0.39 is 11.7 Å². The van der Waals surface area contributed by atoms with Gasteiger partial charge >= 0.3 is 0 Å². The monoisotopic (exact) mass is 509 g/mol. The second kappa shape index (κ2) is 11.2. The first kappa shape index (κ1) is 24.0. The van der Waals surface area contributed by atoms with Gasteiger partial charge in [0.05, 0.1) is 30.0 Å². The van der Waals surface area contributed by atoms with Crippen LogP contribution >= 0.6 is 15.9 Å². The van der Waals surface area contributed by atoms with Crippen LogP contribution < -0.4 is 14.9 Å². The molecule has 168 valence electrons. The summed E-state index contributed by atoms with van der Waals surface area (Å²) < 4.78 is 26.3. The third-order valence-corrected chi connectivity index (χ3v) is 5.28. The predicted molar refractivity (Wildman–Crippen MR) is 127 cm³/mol. The fourth-order valence-electron chi connectivity index (χ4n) is 2.87. The molecule has 0 aliphatic rings. The number of nitrogens with one attached hydrogen (secondary N) is 1. The van der Waals surface area contributed by atoms with Crippen molar-refractivity contribution in [3.63, 3.8) is 0 Å². The molecule has 0 heterocycles. The number of benzene rings is 3. The molecule has 0 aliphatic carbocycles. The lowest BCUT2D eigenvalue weighted by molar-refractivity contribution is 0.0951. The molecule has 0 bridgehead atoms. The van der Waals surface area contributed by atoms with Gasteiger partial charge in [0.15, 0.2) is 11.5 Å². The first-order valence-corrected chi connectivity index (χ1v) is 10.9. The van der Waals surface area contributed by atoms with Crippen LogP contribution in [0.25, 0.3) is 0 Å². The highest BCUT2D eigenvalue weighted by molar-refractivity contribution is 9.10. The number of halogens is 2. The van der Waals surface area contributed by atoms with E-state index in [-0.39, 0.29) is 11.1 Å². The van der Waals surface area contributed by atoms with Crippen molar-refractivity contribution < 1.29 is 18.7 Å². The summed E-state index contributed by atoms with van der Waals surface area (Å²) in [6, 6.07) is 17.0. The maximum atomic E-state index is 14.0. The van der Waals surface area contributed by atoms with Crippen molar-refractivity contribution in [1.82, 2.24) is 5.43 Å². The van der Waals surface area contributed by atoms with Gasteiger partial charge < -0.3 is 9.47 Å². The number of carbonyl (C=O) groups is 1. The summed E-state index contributed by atoms with van der Waals surface area (Å²) in [6.45, 7) is 4.71. The van der Waals surface area contributed by atoms with E-state index in [0.717, 1.165) is 11.6 Å². The second-order valence-corrected chi connectivity index (χ2v) is 7.89. The topological polar surface area (TPSA) is 83.7 Å². The lowest BCUT2D eigenvalue weighted by Crippen LogP contribution is -2.19. The Bertz CT molecular complexity index is 1220. The zero-order chi connectivity index (χ0) is 23.8. The molecule has 0 spiro atoms. The van der Waals surface area contributed by atoms with E-state index in [4.69, 9.17) is 14.7 Å². The summed E-state index contributed by atoms with van der Waals surface area (Å²) in [7, 11) is 0. The summed E-state index contributed by atoms with van der Waals surface area (Å²) >= 11 is 3.48. The maximum Gasteiger partial charge on any atom is 0.274 e. The molecule has 0 saturated heterocycles. The highest BCUT2D eigenvalue weighted by Gasteiger charge is 2.13. The van der Waals surface area contributed by atoms with Gasteiger partial charge in [-0.15, -0.1) is 0 Å². The van der Waals surface area contributed by atoms with Gasteiger partial charge in [-0.05, 0) is 65.7 Å². The van der Waals surface area contributed by atoms with Crippen molar-refractivity contribution in [3.8, 4) is 17.6 Å². The van der Waals surface area contributed by atoms with Gasteiger partial charge in [0, 0.05) is 10.0 Å². The largest absolute Gasteiger partial charge is 0.490 e. The van der Waals surface area contributed by atoms with Crippen LogP contribution in [0.5, 0.6) is 11.5 Å². The number of amides is 1. The molecule has 8 heteroatoms. The molecule has 3 rings (SSSR count). The first-order chi connectivity index (χ1) is 15.9. The zero-order valence-corrected chi connectivity index (χ0v) is 19.6. The fraction of sp³-hybridized carbons (Fsp3) is 0.160. The van der Waals surface area contributed by atoms with Gasteiger partial charge in [-0.25, -0.2) is 9.82 Å². The normalized spacial score (nSPS) is 10.6. The smallest absolute Gasteiger partial charge is 0.274 e. The van der Waals surface area contributed by atoms with Crippen LogP contribution in [0.2, 0.25) is 0 Å². The summed E-state index contributed by atoms with van der Waals surface area (Å²) in [5.41, 5.74) is 5.04. The minimum absolute atomic E-state index is 0.129. The Labute approximate surface area is 199 Å². The molecule has 33 heavy (non-hydrogen) atoms. The minimum Gasteiger partial charge on any atom is -0.490 e. The van der Waals surface area contributed by atoms with E-state index >= 15 is 0 Å². The molecular formula is C25H21BrFN3O3. The zero-order valence-electron chi connectivity index (χ0n) is 18.1. The molecule has 0 unspecified atom stereocenters. The van der Waals surface area contributed by atoms with E-state index in [0.29, 0.717) is 34.7 Å². The molecule has 6 nitrogen and oxygen atoms in total. The van der Waals surface area contributed by atoms with Crippen LogP contribution in [0.4, 0.5) is 4.39 Å². The lowest BCUT2D eigenvalue weighted by atomic mass is 10.1. The Morgan fingerprint density at radius 1 is 1.15 bits per heavy atom. The molecule has 0 atom stereocenters. The number of nitriles is 1. The molecular weight excluding hydrogens is 489 g/mol. The van der Waals surface area contributed by atoms with Crippen molar-refractivity contribution >= 4 is 28.1 Å². The van der Waals surface area contributed by atoms with Crippen LogP contribution in [0, 0.1) is 24.1 Å². The highest BCUT2D eigenvalue weighted by Crippen LogP contribution is 2.34. The molecule has 3 aromatic carbocycles. The van der Waals surface area contributed by atoms with E-state index in [9.17, 15) is 9.18 Å². The number of carbonyl (C=O) groups excluding carboxylic acids is 1. The molecule has 1 N–H and O–H groups in total. The first-order valence-electron chi connectivity index (χ1n) is 10.1. The average molecular weight is 510 g/mol. The number of aryl methyl sites for hydroxylation is 1. The van der Waals surface area contributed by atoms with Crippen LogP contribution in [-0.2, 0) is 6.61 Å². The Balaban J connectivity index is 1.72. The third-order valence-electron chi connectivity index (χ3n) is 4.59. The Morgan fingerprint density at radius 2 is 1.88 bits per heavy atom. The van der Waals surface area contributed by atoms with E-state index in [1.165, 1.54) is 23.9 Å². The van der Waals surface area contributed by atoms with E-state index in [2.05, 4.69) is 26.5 Å². The van der Waals surface area contributed by atoms with Crippen LogP contribution in [0.15, 0.2) is 64.2 Å². The summed E-state index contributed by atoms with van der Waals surface area (Å²) in [6.07, 6.45) is 1.41. The molecule has 0 aliphatic heterocycles. The van der Waals surface area contributed by atoms with Crippen LogP contribution in [-0.4, -0.2) is 18.7 Å². The van der Waals surface area contributed by atoms with Gasteiger partial charge in [-0.2, -0.15) is 10.4 Å². The number of hydrogen-bond donors (Lipinski definition) is 1. The summed E-state index contributed by atoms with van der Waals surface area (Å²) in [5.74, 6) is -0.437. The highest BCUT2D eigenvalue weighted by atomic mass is 79.9. The van der Waals surface area contributed by atoms with Gasteiger partial charge in [0.2, 0.25) is 0 Å². The quantitative estimate of drug-likeness (QED) is 0.320. The fourth-order valence-corrected chi connectivity index (χ4v) is 3.29.